The van der Waals surface area contributed by atoms with Gasteiger partial charge >= 0.3 is 0 Å². The van der Waals surface area contributed by atoms with E-state index in [1.807, 2.05) is 13.0 Å². The summed E-state index contributed by atoms with van der Waals surface area (Å²) in [6.07, 6.45) is 3.30. The third-order valence-electron chi connectivity index (χ3n) is 3.95. The van der Waals surface area contributed by atoms with Crippen molar-refractivity contribution in [2.45, 2.75) is 26.4 Å². The second kappa shape index (κ2) is 7.59. The molecule has 136 valence electrons. The Hall–Kier alpha value is -2.19. The summed E-state index contributed by atoms with van der Waals surface area (Å²) < 4.78 is 17.7. The van der Waals surface area contributed by atoms with Crippen LogP contribution >= 0.6 is 27.5 Å². The minimum absolute atomic E-state index is 0.147. The summed E-state index contributed by atoms with van der Waals surface area (Å²) in [6, 6.07) is 5.84. The molecule has 3 aromatic rings. The van der Waals surface area contributed by atoms with Crippen LogP contribution in [0.2, 0.25) is 5.02 Å². The van der Waals surface area contributed by atoms with Crippen LogP contribution < -0.4 is 5.32 Å². The number of amides is 1. The van der Waals surface area contributed by atoms with Crippen LogP contribution in [0.5, 0.6) is 0 Å². The van der Waals surface area contributed by atoms with Crippen molar-refractivity contribution in [2.24, 2.45) is 0 Å². The Bertz CT molecular complexity index is 934. The van der Waals surface area contributed by atoms with Crippen molar-refractivity contribution in [3.05, 3.63) is 63.2 Å². The maximum Gasteiger partial charge on any atom is 0.250 e. The second-order valence-corrected chi connectivity index (χ2v) is 7.07. The molecule has 1 amide bonds. The number of nitrogens with one attached hydrogen (secondary N) is 1. The summed E-state index contributed by atoms with van der Waals surface area (Å²) >= 11 is 9.41. The Kier molecular flexibility index (Phi) is 5.43. The van der Waals surface area contributed by atoms with Gasteiger partial charge < -0.3 is 5.32 Å². The molecule has 3 rings (SSSR count). The number of aromatic nitrogens is 4. The first-order valence-electron chi connectivity index (χ1n) is 7.83. The number of benzene rings is 1. The van der Waals surface area contributed by atoms with Crippen LogP contribution in [-0.2, 0) is 11.3 Å². The standard InChI is InChI=1S/C17H16BrClFN5O/c1-10-6-7-21-25(10)11(2)17(26)22-16-13(18)9-24(23-16)8-12-14(19)4-3-5-15(12)20/h3-7,9,11H,8H2,1-2H3,(H,22,23,26). The average molecular weight is 441 g/mol. The molecular formula is C17H16BrClFN5O. The van der Waals surface area contributed by atoms with E-state index in [4.69, 9.17) is 11.6 Å². The lowest BCUT2D eigenvalue weighted by atomic mass is 10.2. The summed E-state index contributed by atoms with van der Waals surface area (Å²) in [4.78, 5) is 12.5. The van der Waals surface area contributed by atoms with E-state index in [0.29, 0.717) is 20.9 Å². The SMILES string of the molecule is Cc1ccnn1C(C)C(=O)Nc1nn(Cc2c(F)cccc2Cl)cc1Br. The normalized spacial score (nSPS) is 12.2. The minimum Gasteiger partial charge on any atom is -0.306 e. The smallest absolute Gasteiger partial charge is 0.250 e. The van der Waals surface area contributed by atoms with E-state index in [1.54, 1.807) is 36.1 Å². The molecule has 0 radical (unpaired) electrons. The van der Waals surface area contributed by atoms with E-state index in [0.717, 1.165) is 5.69 Å². The van der Waals surface area contributed by atoms with Gasteiger partial charge in [-0.3, -0.25) is 14.2 Å². The van der Waals surface area contributed by atoms with Gasteiger partial charge in [0.1, 0.15) is 11.9 Å². The third kappa shape index (κ3) is 3.81. The molecule has 1 aromatic carbocycles. The molecule has 26 heavy (non-hydrogen) atoms. The predicted octanol–water partition coefficient (Wildman–Crippen LogP) is 4.19. The number of hydrogen-bond donors (Lipinski definition) is 1. The first-order valence-corrected chi connectivity index (χ1v) is 9.00. The quantitative estimate of drug-likeness (QED) is 0.647. The van der Waals surface area contributed by atoms with Crippen LogP contribution in [0.4, 0.5) is 10.2 Å². The molecule has 0 aliphatic carbocycles. The summed E-state index contributed by atoms with van der Waals surface area (Å²) in [5, 5.41) is 11.5. The van der Waals surface area contributed by atoms with Crippen LogP contribution in [0.15, 0.2) is 41.1 Å². The number of aryl methyl sites for hydroxylation is 1. The highest BCUT2D eigenvalue weighted by molar-refractivity contribution is 9.10. The fourth-order valence-electron chi connectivity index (χ4n) is 2.53. The fourth-order valence-corrected chi connectivity index (χ4v) is 3.16. The van der Waals surface area contributed by atoms with Gasteiger partial charge in [-0.1, -0.05) is 17.7 Å². The first kappa shape index (κ1) is 18.6. The number of halogens is 3. The monoisotopic (exact) mass is 439 g/mol. The number of rotatable bonds is 5. The Morgan fingerprint density at radius 1 is 1.42 bits per heavy atom. The lowest BCUT2D eigenvalue weighted by molar-refractivity contribution is -0.119. The Morgan fingerprint density at radius 3 is 2.85 bits per heavy atom. The molecule has 0 bridgehead atoms. The molecule has 6 nitrogen and oxygen atoms in total. The number of carbonyl (C=O) groups is 1. The third-order valence-corrected chi connectivity index (χ3v) is 4.89. The maximum absolute atomic E-state index is 13.9. The van der Waals surface area contributed by atoms with Gasteiger partial charge in [0.25, 0.3) is 0 Å². The molecule has 2 heterocycles. The highest BCUT2D eigenvalue weighted by Gasteiger charge is 2.20. The molecular weight excluding hydrogens is 425 g/mol. The number of hydrogen-bond acceptors (Lipinski definition) is 3. The van der Waals surface area contributed by atoms with Gasteiger partial charge in [0.05, 0.1) is 11.0 Å². The number of anilines is 1. The van der Waals surface area contributed by atoms with Crippen molar-refractivity contribution in [1.82, 2.24) is 19.6 Å². The fraction of sp³-hybridized carbons (Fsp3) is 0.235. The van der Waals surface area contributed by atoms with Crippen LogP contribution in [0, 0.1) is 12.7 Å². The molecule has 1 unspecified atom stereocenters. The summed E-state index contributed by atoms with van der Waals surface area (Å²) in [5.41, 5.74) is 1.22. The molecule has 1 atom stereocenters. The van der Waals surface area contributed by atoms with Gasteiger partial charge in [-0.15, -0.1) is 0 Å². The van der Waals surface area contributed by atoms with Crippen molar-refractivity contribution in [2.75, 3.05) is 5.32 Å². The van der Waals surface area contributed by atoms with Crippen LogP contribution in [0.1, 0.15) is 24.2 Å². The maximum atomic E-state index is 13.9. The zero-order valence-electron chi connectivity index (χ0n) is 14.1. The van der Waals surface area contributed by atoms with E-state index in [2.05, 4.69) is 31.4 Å². The second-order valence-electron chi connectivity index (χ2n) is 5.81. The van der Waals surface area contributed by atoms with E-state index < -0.39 is 11.9 Å². The number of carbonyl (C=O) groups excluding carboxylic acids is 1. The number of nitrogens with zero attached hydrogens (tertiary/aromatic N) is 4. The molecule has 2 aromatic heterocycles. The molecule has 0 spiro atoms. The van der Waals surface area contributed by atoms with E-state index in [9.17, 15) is 9.18 Å². The van der Waals surface area contributed by atoms with Gasteiger partial charge in [0.15, 0.2) is 5.82 Å². The van der Waals surface area contributed by atoms with Crippen molar-refractivity contribution in [3.8, 4) is 0 Å². The molecule has 0 aliphatic rings. The topological polar surface area (TPSA) is 64.7 Å². The minimum atomic E-state index is -0.497. The van der Waals surface area contributed by atoms with Crippen molar-refractivity contribution < 1.29 is 9.18 Å². The van der Waals surface area contributed by atoms with Crippen LogP contribution in [0.25, 0.3) is 0 Å². The van der Waals surface area contributed by atoms with E-state index >= 15 is 0 Å². The Morgan fingerprint density at radius 2 is 2.19 bits per heavy atom. The average Bonchev–Trinajstić information content (AvgIpc) is 3.16. The molecule has 0 aliphatic heterocycles. The van der Waals surface area contributed by atoms with E-state index in [-0.39, 0.29) is 12.5 Å². The molecule has 9 heteroatoms. The zero-order valence-corrected chi connectivity index (χ0v) is 16.4. The van der Waals surface area contributed by atoms with E-state index in [1.165, 1.54) is 10.7 Å². The zero-order chi connectivity index (χ0) is 18.8. The van der Waals surface area contributed by atoms with Crippen LogP contribution in [0.3, 0.4) is 0 Å². The van der Waals surface area contributed by atoms with Gasteiger partial charge in [0, 0.05) is 28.7 Å². The van der Waals surface area contributed by atoms with Crippen LogP contribution in [-0.4, -0.2) is 25.5 Å². The lowest BCUT2D eigenvalue weighted by Crippen LogP contribution is -2.25. The lowest BCUT2D eigenvalue weighted by Gasteiger charge is -2.13. The van der Waals surface area contributed by atoms with Crippen molar-refractivity contribution in [1.29, 1.82) is 0 Å². The molecule has 0 fully saturated rings. The molecule has 0 saturated carbocycles. The Labute approximate surface area is 163 Å². The van der Waals surface area contributed by atoms with Gasteiger partial charge in [-0.2, -0.15) is 10.2 Å². The molecule has 0 saturated heterocycles. The predicted molar refractivity (Wildman–Crippen MR) is 101 cm³/mol. The largest absolute Gasteiger partial charge is 0.306 e. The molecule has 1 N–H and O–H groups in total. The highest BCUT2D eigenvalue weighted by atomic mass is 79.9. The van der Waals surface area contributed by atoms with Gasteiger partial charge in [-0.25, -0.2) is 4.39 Å². The Balaban J connectivity index is 1.76. The van der Waals surface area contributed by atoms with Gasteiger partial charge in [-0.05, 0) is 48.0 Å². The van der Waals surface area contributed by atoms with Crippen molar-refractivity contribution in [3.63, 3.8) is 0 Å². The summed E-state index contributed by atoms with van der Waals surface area (Å²) in [5.74, 6) is -0.316. The summed E-state index contributed by atoms with van der Waals surface area (Å²) in [7, 11) is 0. The summed E-state index contributed by atoms with van der Waals surface area (Å²) in [6.45, 7) is 3.77. The van der Waals surface area contributed by atoms with Gasteiger partial charge in [0.2, 0.25) is 5.91 Å². The highest BCUT2D eigenvalue weighted by Crippen LogP contribution is 2.24. The van der Waals surface area contributed by atoms with Crippen molar-refractivity contribution >= 4 is 39.3 Å². The first-order chi connectivity index (χ1) is 12.4.